The van der Waals surface area contributed by atoms with Crippen LogP contribution in [0.25, 0.3) is 0 Å². The summed E-state index contributed by atoms with van der Waals surface area (Å²) >= 11 is 0. The largest absolute Gasteiger partial charge is 0.495 e. The molecule has 0 aliphatic rings. The SMILES string of the molecule is COc1ccc(C)c(C(=O)O)c1NC(=O)C(F)(F)F. The van der Waals surface area contributed by atoms with Gasteiger partial charge in [0.2, 0.25) is 0 Å². The summed E-state index contributed by atoms with van der Waals surface area (Å²) in [6, 6.07) is 2.64. The second-order valence-electron chi connectivity index (χ2n) is 3.59. The van der Waals surface area contributed by atoms with Crippen LogP contribution in [0, 0.1) is 6.92 Å². The predicted molar refractivity (Wildman–Crippen MR) is 59.4 cm³/mol. The van der Waals surface area contributed by atoms with E-state index in [1.807, 2.05) is 0 Å². The number of hydrogen-bond acceptors (Lipinski definition) is 3. The summed E-state index contributed by atoms with van der Waals surface area (Å²) in [5.74, 6) is -3.90. The van der Waals surface area contributed by atoms with E-state index in [2.05, 4.69) is 0 Å². The van der Waals surface area contributed by atoms with E-state index < -0.39 is 29.3 Å². The molecule has 0 radical (unpaired) electrons. The Morgan fingerprint density at radius 2 is 1.89 bits per heavy atom. The third-order valence-corrected chi connectivity index (χ3v) is 2.31. The van der Waals surface area contributed by atoms with E-state index in [1.54, 1.807) is 0 Å². The van der Waals surface area contributed by atoms with E-state index in [0.29, 0.717) is 0 Å². The maximum atomic E-state index is 12.2. The maximum absolute atomic E-state index is 12.2. The smallest absolute Gasteiger partial charge is 0.471 e. The molecule has 0 fully saturated rings. The lowest BCUT2D eigenvalue weighted by Crippen LogP contribution is -2.31. The number of carboxylic acids is 1. The highest BCUT2D eigenvalue weighted by atomic mass is 19.4. The molecule has 104 valence electrons. The van der Waals surface area contributed by atoms with Gasteiger partial charge in [-0.25, -0.2) is 4.79 Å². The van der Waals surface area contributed by atoms with Crippen LogP contribution in [-0.4, -0.2) is 30.3 Å². The monoisotopic (exact) mass is 277 g/mol. The number of methoxy groups -OCH3 is 1. The second-order valence-corrected chi connectivity index (χ2v) is 3.59. The maximum Gasteiger partial charge on any atom is 0.471 e. The van der Waals surface area contributed by atoms with Crippen molar-refractivity contribution < 1.29 is 32.6 Å². The van der Waals surface area contributed by atoms with Gasteiger partial charge in [0.05, 0.1) is 18.4 Å². The van der Waals surface area contributed by atoms with E-state index in [9.17, 15) is 22.8 Å². The molecule has 19 heavy (non-hydrogen) atoms. The van der Waals surface area contributed by atoms with E-state index in [-0.39, 0.29) is 11.3 Å². The minimum absolute atomic E-state index is 0.166. The van der Waals surface area contributed by atoms with E-state index in [1.165, 1.54) is 24.4 Å². The van der Waals surface area contributed by atoms with E-state index >= 15 is 0 Å². The van der Waals surface area contributed by atoms with Gasteiger partial charge in [-0.3, -0.25) is 4.79 Å². The van der Waals surface area contributed by atoms with Crippen LogP contribution < -0.4 is 10.1 Å². The summed E-state index contributed by atoms with van der Waals surface area (Å²) in [6.07, 6.45) is -5.12. The number of halogens is 3. The van der Waals surface area contributed by atoms with Crippen molar-refractivity contribution in [1.82, 2.24) is 0 Å². The Balaban J connectivity index is 3.35. The number of aryl methyl sites for hydroxylation is 1. The Morgan fingerprint density at radius 3 is 2.32 bits per heavy atom. The number of amides is 1. The van der Waals surface area contributed by atoms with Gasteiger partial charge in [0, 0.05) is 0 Å². The number of alkyl halides is 3. The van der Waals surface area contributed by atoms with Crippen LogP contribution in [0.4, 0.5) is 18.9 Å². The van der Waals surface area contributed by atoms with Crippen LogP contribution in [0.2, 0.25) is 0 Å². The van der Waals surface area contributed by atoms with Crippen molar-refractivity contribution in [3.05, 3.63) is 23.3 Å². The Bertz CT molecular complexity index is 525. The number of benzene rings is 1. The lowest BCUT2D eigenvalue weighted by atomic mass is 10.1. The molecule has 0 heterocycles. The molecule has 0 unspecified atom stereocenters. The molecule has 0 aromatic heterocycles. The van der Waals surface area contributed by atoms with Crippen LogP contribution in [0.15, 0.2) is 12.1 Å². The molecular weight excluding hydrogens is 267 g/mol. The van der Waals surface area contributed by atoms with Crippen LogP contribution >= 0.6 is 0 Å². The molecule has 0 atom stereocenters. The summed E-state index contributed by atoms with van der Waals surface area (Å²) in [4.78, 5) is 22.0. The molecule has 0 aliphatic carbocycles. The number of ether oxygens (including phenoxy) is 1. The normalized spacial score (nSPS) is 11.0. The minimum Gasteiger partial charge on any atom is -0.495 e. The Labute approximate surface area is 106 Å². The van der Waals surface area contributed by atoms with Gasteiger partial charge in [-0.1, -0.05) is 6.07 Å². The Kier molecular flexibility index (Phi) is 4.03. The van der Waals surface area contributed by atoms with Gasteiger partial charge in [-0.05, 0) is 18.6 Å². The first kappa shape index (κ1) is 14.8. The molecule has 1 amide bonds. The average molecular weight is 277 g/mol. The first-order chi connectivity index (χ1) is 8.68. The number of aromatic carboxylic acids is 1. The van der Waals surface area contributed by atoms with Gasteiger partial charge in [-0.2, -0.15) is 13.2 Å². The zero-order chi connectivity index (χ0) is 14.8. The molecule has 0 spiro atoms. The first-order valence-corrected chi connectivity index (χ1v) is 4.97. The zero-order valence-corrected chi connectivity index (χ0v) is 9.96. The minimum atomic E-state index is -5.12. The quantitative estimate of drug-likeness (QED) is 0.888. The summed E-state index contributed by atoms with van der Waals surface area (Å²) in [5, 5.41) is 10.5. The van der Waals surface area contributed by atoms with E-state index in [0.717, 1.165) is 7.11 Å². The molecule has 0 saturated carbocycles. The standard InChI is InChI=1S/C11H10F3NO4/c1-5-3-4-6(19-2)8(7(5)9(16)17)15-10(18)11(12,13)14/h3-4H,1-2H3,(H,15,18)(H,16,17). The van der Waals surface area contributed by atoms with Gasteiger partial charge in [0.15, 0.2) is 0 Å². The van der Waals surface area contributed by atoms with Gasteiger partial charge in [0.25, 0.3) is 0 Å². The molecule has 5 nitrogen and oxygen atoms in total. The lowest BCUT2D eigenvalue weighted by Gasteiger charge is -2.15. The topological polar surface area (TPSA) is 75.6 Å². The predicted octanol–water partition coefficient (Wildman–Crippen LogP) is 2.20. The Hall–Kier alpha value is -2.25. The summed E-state index contributed by atoms with van der Waals surface area (Å²) in [6.45, 7) is 1.39. The van der Waals surface area contributed by atoms with Gasteiger partial charge in [0.1, 0.15) is 5.75 Å². The summed E-state index contributed by atoms with van der Waals surface area (Å²) in [5.41, 5.74) is -0.764. The Morgan fingerprint density at radius 1 is 1.32 bits per heavy atom. The number of hydrogen-bond donors (Lipinski definition) is 2. The molecule has 8 heteroatoms. The van der Waals surface area contributed by atoms with Crippen molar-refractivity contribution in [3.63, 3.8) is 0 Å². The fourth-order valence-electron chi connectivity index (χ4n) is 1.44. The highest BCUT2D eigenvalue weighted by Crippen LogP contribution is 2.32. The van der Waals surface area contributed by atoms with Crippen molar-refractivity contribution >= 4 is 17.6 Å². The third-order valence-electron chi connectivity index (χ3n) is 2.31. The van der Waals surface area contributed by atoms with Crippen LogP contribution in [0.1, 0.15) is 15.9 Å². The van der Waals surface area contributed by atoms with Crippen molar-refractivity contribution in [2.24, 2.45) is 0 Å². The van der Waals surface area contributed by atoms with Crippen LogP contribution in [-0.2, 0) is 4.79 Å². The van der Waals surface area contributed by atoms with Gasteiger partial charge >= 0.3 is 18.1 Å². The van der Waals surface area contributed by atoms with Gasteiger partial charge < -0.3 is 15.2 Å². The van der Waals surface area contributed by atoms with Crippen molar-refractivity contribution in [2.45, 2.75) is 13.1 Å². The lowest BCUT2D eigenvalue weighted by molar-refractivity contribution is -0.167. The van der Waals surface area contributed by atoms with Crippen LogP contribution in [0.5, 0.6) is 5.75 Å². The number of rotatable bonds is 3. The number of anilines is 1. The fourth-order valence-corrected chi connectivity index (χ4v) is 1.44. The number of nitrogens with one attached hydrogen (secondary N) is 1. The molecule has 1 rings (SSSR count). The third kappa shape index (κ3) is 3.15. The van der Waals surface area contributed by atoms with Gasteiger partial charge in [-0.15, -0.1) is 0 Å². The molecule has 0 bridgehead atoms. The molecule has 0 saturated heterocycles. The summed E-state index contributed by atoms with van der Waals surface area (Å²) < 4.78 is 41.4. The average Bonchev–Trinajstić information content (AvgIpc) is 2.27. The summed E-state index contributed by atoms with van der Waals surface area (Å²) in [7, 11) is 1.15. The zero-order valence-electron chi connectivity index (χ0n) is 9.96. The van der Waals surface area contributed by atoms with Crippen molar-refractivity contribution in [2.75, 3.05) is 12.4 Å². The number of carbonyl (C=O) groups excluding carboxylic acids is 1. The van der Waals surface area contributed by atoms with Crippen molar-refractivity contribution in [3.8, 4) is 5.75 Å². The van der Waals surface area contributed by atoms with Crippen molar-refractivity contribution in [1.29, 1.82) is 0 Å². The number of carbonyl (C=O) groups is 2. The fraction of sp³-hybridized carbons (Fsp3) is 0.273. The first-order valence-electron chi connectivity index (χ1n) is 4.97. The highest BCUT2D eigenvalue weighted by Gasteiger charge is 2.39. The molecule has 1 aromatic rings. The molecular formula is C11H10F3NO4. The molecule has 0 aliphatic heterocycles. The molecule has 2 N–H and O–H groups in total. The second kappa shape index (κ2) is 5.17. The number of carboxylic acid groups (broad SMARTS) is 1. The molecule has 1 aromatic carbocycles. The van der Waals surface area contributed by atoms with E-state index in [4.69, 9.17) is 9.84 Å². The highest BCUT2D eigenvalue weighted by molar-refractivity contribution is 6.04. The van der Waals surface area contributed by atoms with Crippen LogP contribution in [0.3, 0.4) is 0 Å².